The number of carbonyl (C=O) groups is 1. The van der Waals surface area contributed by atoms with E-state index in [4.69, 9.17) is 11.6 Å². The summed E-state index contributed by atoms with van der Waals surface area (Å²) in [4.78, 5) is 23.4. The van der Waals surface area contributed by atoms with E-state index in [-0.39, 0.29) is 16.1 Å². The number of rotatable bonds is 3. The van der Waals surface area contributed by atoms with Crippen LogP contribution in [0.4, 0.5) is 10.1 Å². The molecule has 6 heteroatoms. The van der Waals surface area contributed by atoms with Crippen LogP contribution >= 0.6 is 11.6 Å². The van der Waals surface area contributed by atoms with Crippen LogP contribution in [0.15, 0.2) is 41.3 Å². The highest BCUT2D eigenvalue weighted by Gasteiger charge is 2.14. The lowest BCUT2D eigenvalue weighted by Gasteiger charge is -2.08. The monoisotopic (exact) mass is 294 g/mol. The first-order valence-electron chi connectivity index (χ1n) is 5.98. The summed E-state index contributed by atoms with van der Waals surface area (Å²) in [6.45, 7) is 2.29. The van der Waals surface area contributed by atoms with E-state index in [1.807, 2.05) is 6.92 Å². The average molecular weight is 295 g/mol. The van der Waals surface area contributed by atoms with Crippen molar-refractivity contribution in [1.29, 1.82) is 0 Å². The lowest BCUT2D eigenvalue weighted by Crippen LogP contribution is -2.20. The fourth-order valence-corrected chi connectivity index (χ4v) is 1.90. The number of carbonyl (C=O) groups excluding carboxylic acids is 1. The topological polar surface area (TPSA) is 51.1 Å². The number of aryl methyl sites for hydroxylation is 1. The summed E-state index contributed by atoms with van der Waals surface area (Å²) >= 11 is 5.63. The number of benzene rings is 1. The molecule has 0 saturated carbocycles. The van der Waals surface area contributed by atoms with E-state index in [0.29, 0.717) is 12.2 Å². The second-order valence-electron chi connectivity index (χ2n) is 4.10. The molecule has 0 aliphatic rings. The van der Waals surface area contributed by atoms with Crippen LogP contribution in [-0.4, -0.2) is 10.5 Å². The van der Waals surface area contributed by atoms with Crippen LogP contribution < -0.4 is 10.9 Å². The van der Waals surface area contributed by atoms with Crippen LogP contribution in [0.3, 0.4) is 0 Å². The molecule has 0 atom stereocenters. The summed E-state index contributed by atoms with van der Waals surface area (Å²) in [5, 5.41) is 2.42. The number of nitrogens with one attached hydrogen (secondary N) is 1. The Morgan fingerprint density at radius 2 is 2.10 bits per heavy atom. The summed E-state index contributed by atoms with van der Waals surface area (Å²) in [6.07, 6.45) is 1.50. The molecule has 0 unspecified atom stereocenters. The minimum absolute atomic E-state index is 0.115. The second-order valence-corrected chi connectivity index (χ2v) is 4.50. The number of anilines is 1. The van der Waals surface area contributed by atoms with Gasteiger partial charge in [0.15, 0.2) is 5.82 Å². The molecule has 0 fully saturated rings. The second kappa shape index (κ2) is 5.88. The van der Waals surface area contributed by atoms with Crippen molar-refractivity contribution in [2.24, 2.45) is 0 Å². The van der Waals surface area contributed by atoms with Crippen LogP contribution in [0.1, 0.15) is 17.3 Å². The molecule has 1 aromatic carbocycles. The molecule has 4 nitrogen and oxygen atoms in total. The molecule has 0 radical (unpaired) electrons. The van der Waals surface area contributed by atoms with Crippen LogP contribution in [0.25, 0.3) is 0 Å². The third-order valence-electron chi connectivity index (χ3n) is 2.78. The highest BCUT2D eigenvalue weighted by atomic mass is 35.5. The standard InChI is InChI=1S/C14H12ClFN2O2/c1-2-18-8-9(6-7-12(18)19)17-14(20)10-4-3-5-11(15)13(10)16/h3-8H,2H2,1H3,(H,17,20). The number of pyridine rings is 1. The molecule has 1 aromatic heterocycles. The Balaban J connectivity index is 2.28. The van der Waals surface area contributed by atoms with Crippen molar-refractivity contribution in [2.45, 2.75) is 13.5 Å². The Morgan fingerprint density at radius 1 is 1.35 bits per heavy atom. The van der Waals surface area contributed by atoms with E-state index in [2.05, 4.69) is 5.32 Å². The molecule has 20 heavy (non-hydrogen) atoms. The Hall–Kier alpha value is -2.14. The molecule has 1 N–H and O–H groups in total. The normalized spacial score (nSPS) is 10.3. The number of halogens is 2. The van der Waals surface area contributed by atoms with E-state index in [0.717, 1.165) is 0 Å². The van der Waals surface area contributed by atoms with Gasteiger partial charge in [0.25, 0.3) is 11.5 Å². The van der Waals surface area contributed by atoms with Gasteiger partial charge < -0.3 is 9.88 Å². The first kappa shape index (κ1) is 14.3. The summed E-state index contributed by atoms with van der Waals surface area (Å²) in [6, 6.07) is 7.01. The van der Waals surface area contributed by atoms with Gasteiger partial charge in [-0.15, -0.1) is 0 Å². The molecule has 1 amide bonds. The van der Waals surface area contributed by atoms with Gasteiger partial charge in [0.1, 0.15) is 0 Å². The highest BCUT2D eigenvalue weighted by Crippen LogP contribution is 2.18. The summed E-state index contributed by atoms with van der Waals surface area (Å²) < 4.78 is 15.2. The van der Waals surface area contributed by atoms with Gasteiger partial charge >= 0.3 is 0 Å². The Morgan fingerprint density at radius 3 is 2.80 bits per heavy atom. The van der Waals surface area contributed by atoms with Gasteiger partial charge in [-0.1, -0.05) is 17.7 Å². The van der Waals surface area contributed by atoms with Crippen LogP contribution in [0.5, 0.6) is 0 Å². The van der Waals surface area contributed by atoms with Gasteiger partial charge in [-0.05, 0) is 25.1 Å². The van der Waals surface area contributed by atoms with Crippen molar-refractivity contribution in [3.05, 3.63) is 63.3 Å². The zero-order valence-corrected chi connectivity index (χ0v) is 11.4. The molecule has 2 aromatic rings. The minimum atomic E-state index is -0.768. The smallest absolute Gasteiger partial charge is 0.258 e. The molecule has 0 spiro atoms. The van der Waals surface area contributed by atoms with Crippen molar-refractivity contribution in [2.75, 3.05) is 5.32 Å². The maximum atomic E-state index is 13.7. The molecule has 104 valence electrons. The van der Waals surface area contributed by atoms with Crippen molar-refractivity contribution in [1.82, 2.24) is 4.57 Å². The van der Waals surface area contributed by atoms with E-state index in [1.165, 1.54) is 41.1 Å². The van der Waals surface area contributed by atoms with Crippen molar-refractivity contribution in [3.8, 4) is 0 Å². The molecule has 2 rings (SSSR count). The zero-order chi connectivity index (χ0) is 14.7. The highest BCUT2D eigenvalue weighted by molar-refractivity contribution is 6.31. The number of amides is 1. The van der Waals surface area contributed by atoms with Gasteiger partial charge in [0, 0.05) is 18.8 Å². The average Bonchev–Trinajstić information content (AvgIpc) is 2.43. The largest absolute Gasteiger partial charge is 0.321 e. The summed E-state index contributed by atoms with van der Waals surface area (Å²) in [5.74, 6) is -1.39. The van der Waals surface area contributed by atoms with Crippen LogP contribution in [0.2, 0.25) is 5.02 Å². The van der Waals surface area contributed by atoms with Crippen molar-refractivity contribution < 1.29 is 9.18 Å². The fourth-order valence-electron chi connectivity index (χ4n) is 1.73. The minimum Gasteiger partial charge on any atom is -0.321 e. The number of hydrogen-bond acceptors (Lipinski definition) is 2. The van der Waals surface area contributed by atoms with E-state index >= 15 is 0 Å². The van der Waals surface area contributed by atoms with E-state index < -0.39 is 11.7 Å². The van der Waals surface area contributed by atoms with Crippen LogP contribution in [-0.2, 0) is 6.54 Å². The quantitative estimate of drug-likeness (QED) is 0.946. The van der Waals surface area contributed by atoms with E-state index in [1.54, 1.807) is 0 Å². The lowest BCUT2D eigenvalue weighted by atomic mass is 10.2. The van der Waals surface area contributed by atoms with Gasteiger partial charge in [-0.25, -0.2) is 4.39 Å². The molecule has 0 bridgehead atoms. The summed E-state index contributed by atoms with van der Waals surface area (Å²) in [5.41, 5.74) is 0.0991. The Kier molecular flexibility index (Phi) is 4.20. The molecular weight excluding hydrogens is 283 g/mol. The predicted octanol–water partition coefficient (Wildman–Crippen LogP) is 2.91. The number of hydrogen-bond donors (Lipinski definition) is 1. The maximum absolute atomic E-state index is 13.7. The molecule has 1 heterocycles. The third-order valence-corrected chi connectivity index (χ3v) is 3.07. The summed E-state index contributed by atoms with van der Waals surface area (Å²) in [7, 11) is 0. The molecule has 0 aliphatic carbocycles. The first-order valence-corrected chi connectivity index (χ1v) is 6.36. The van der Waals surface area contributed by atoms with Crippen molar-refractivity contribution in [3.63, 3.8) is 0 Å². The zero-order valence-electron chi connectivity index (χ0n) is 10.7. The van der Waals surface area contributed by atoms with E-state index in [9.17, 15) is 14.0 Å². The van der Waals surface area contributed by atoms with Gasteiger partial charge in [0.05, 0.1) is 16.3 Å². The Bertz CT molecular complexity index is 713. The maximum Gasteiger partial charge on any atom is 0.258 e. The Labute approximate surface area is 119 Å². The molecular formula is C14H12ClFN2O2. The van der Waals surface area contributed by atoms with Gasteiger partial charge in [-0.2, -0.15) is 0 Å². The fraction of sp³-hybridized carbons (Fsp3) is 0.143. The molecule has 0 aliphatic heterocycles. The number of aromatic nitrogens is 1. The predicted molar refractivity (Wildman–Crippen MR) is 75.7 cm³/mol. The first-order chi connectivity index (χ1) is 9.52. The van der Waals surface area contributed by atoms with Crippen LogP contribution in [0, 0.1) is 5.82 Å². The molecule has 0 saturated heterocycles. The third kappa shape index (κ3) is 2.88. The van der Waals surface area contributed by atoms with Gasteiger partial charge in [0.2, 0.25) is 0 Å². The lowest BCUT2D eigenvalue weighted by molar-refractivity contribution is 0.102. The van der Waals surface area contributed by atoms with Crippen molar-refractivity contribution >= 4 is 23.2 Å². The number of nitrogens with zero attached hydrogens (tertiary/aromatic N) is 1. The SMILES string of the molecule is CCn1cc(NC(=O)c2cccc(Cl)c2F)ccc1=O. The van der Waals surface area contributed by atoms with Gasteiger partial charge in [-0.3, -0.25) is 9.59 Å².